The summed E-state index contributed by atoms with van der Waals surface area (Å²) in [6.45, 7) is 9.39. The molecular formula is C16H24N2O4S. The third-order valence-electron chi connectivity index (χ3n) is 3.26. The van der Waals surface area contributed by atoms with Crippen molar-refractivity contribution in [1.82, 2.24) is 5.32 Å². The summed E-state index contributed by atoms with van der Waals surface area (Å²) >= 11 is 1.32. The van der Waals surface area contributed by atoms with E-state index in [0.29, 0.717) is 23.0 Å². The summed E-state index contributed by atoms with van der Waals surface area (Å²) in [5.41, 5.74) is 1.07. The van der Waals surface area contributed by atoms with Gasteiger partial charge in [-0.15, -0.1) is 11.3 Å². The zero-order chi connectivity index (χ0) is 17.6. The number of hydrogen-bond acceptors (Lipinski definition) is 5. The highest BCUT2D eigenvalue weighted by molar-refractivity contribution is 7.16. The lowest BCUT2D eigenvalue weighted by Crippen LogP contribution is -2.30. The van der Waals surface area contributed by atoms with Gasteiger partial charge in [0.25, 0.3) is 5.91 Å². The van der Waals surface area contributed by atoms with E-state index in [9.17, 15) is 14.4 Å². The number of anilines is 1. The molecule has 6 nitrogen and oxygen atoms in total. The van der Waals surface area contributed by atoms with E-state index in [1.807, 2.05) is 6.92 Å². The molecule has 0 spiro atoms. The minimum Gasteiger partial charge on any atom is -0.452 e. The zero-order valence-corrected chi connectivity index (χ0v) is 15.1. The number of hydrogen-bond donors (Lipinski definition) is 2. The SMILES string of the molecule is CC(=O)Nc1sc(C)c(C)c1C(=O)OCC(=O)NCCC(C)C. The van der Waals surface area contributed by atoms with E-state index in [-0.39, 0.29) is 18.4 Å². The third kappa shape index (κ3) is 6.02. The molecule has 1 aromatic rings. The maximum absolute atomic E-state index is 12.2. The summed E-state index contributed by atoms with van der Waals surface area (Å²) in [6.07, 6.45) is 0.870. The van der Waals surface area contributed by atoms with Crippen LogP contribution >= 0.6 is 11.3 Å². The highest BCUT2D eigenvalue weighted by Crippen LogP contribution is 2.32. The Labute approximate surface area is 140 Å². The first kappa shape index (κ1) is 19.2. The monoisotopic (exact) mass is 340 g/mol. The van der Waals surface area contributed by atoms with Gasteiger partial charge in [0.2, 0.25) is 5.91 Å². The number of thiophene rings is 1. The Hall–Kier alpha value is -1.89. The summed E-state index contributed by atoms with van der Waals surface area (Å²) in [6, 6.07) is 0. The van der Waals surface area contributed by atoms with Crippen molar-refractivity contribution >= 4 is 34.1 Å². The van der Waals surface area contributed by atoms with Crippen LogP contribution in [0.1, 0.15) is 48.0 Å². The molecule has 0 fully saturated rings. The van der Waals surface area contributed by atoms with Gasteiger partial charge in [-0.2, -0.15) is 0 Å². The lowest BCUT2D eigenvalue weighted by molar-refractivity contribution is -0.124. The number of esters is 1. The molecule has 2 N–H and O–H groups in total. The fraction of sp³-hybridized carbons (Fsp3) is 0.562. The zero-order valence-electron chi connectivity index (χ0n) is 14.2. The van der Waals surface area contributed by atoms with E-state index in [2.05, 4.69) is 24.5 Å². The molecule has 0 aliphatic carbocycles. The molecule has 0 atom stereocenters. The predicted octanol–water partition coefficient (Wildman–Crippen LogP) is 2.64. The smallest absolute Gasteiger partial charge is 0.341 e. The predicted molar refractivity (Wildman–Crippen MR) is 90.8 cm³/mol. The Morgan fingerprint density at radius 2 is 1.87 bits per heavy atom. The van der Waals surface area contributed by atoms with Crippen molar-refractivity contribution in [3.63, 3.8) is 0 Å². The topological polar surface area (TPSA) is 84.5 Å². The first-order chi connectivity index (χ1) is 10.7. The lowest BCUT2D eigenvalue weighted by Gasteiger charge is -2.09. The molecular weight excluding hydrogens is 316 g/mol. The van der Waals surface area contributed by atoms with Crippen LogP contribution in [-0.2, 0) is 14.3 Å². The van der Waals surface area contributed by atoms with Crippen LogP contribution in [0.2, 0.25) is 0 Å². The fourth-order valence-corrected chi connectivity index (χ4v) is 2.97. The van der Waals surface area contributed by atoms with Gasteiger partial charge in [0.1, 0.15) is 5.00 Å². The van der Waals surface area contributed by atoms with Gasteiger partial charge in [-0.25, -0.2) is 4.79 Å². The van der Waals surface area contributed by atoms with Crippen LogP contribution in [0, 0.1) is 19.8 Å². The van der Waals surface area contributed by atoms with Crippen molar-refractivity contribution in [2.75, 3.05) is 18.5 Å². The van der Waals surface area contributed by atoms with Gasteiger partial charge in [0, 0.05) is 18.3 Å². The van der Waals surface area contributed by atoms with Gasteiger partial charge in [0.15, 0.2) is 6.61 Å². The van der Waals surface area contributed by atoms with Crippen LogP contribution in [0.4, 0.5) is 5.00 Å². The normalized spacial score (nSPS) is 10.5. The van der Waals surface area contributed by atoms with E-state index >= 15 is 0 Å². The van der Waals surface area contributed by atoms with E-state index in [4.69, 9.17) is 4.74 Å². The maximum Gasteiger partial charge on any atom is 0.341 e. The standard InChI is InChI=1S/C16H24N2O4S/c1-9(2)6-7-17-13(20)8-22-16(21)14-10(3)11(4)23-15(14)18-12(5)19/h9H,6-8H2,1-5H3,(H,17,20)(H,18,19). The molecule has 0 radical (unpaired) electrons. The van der Waals surface area contributed by atoms with E-state index in [1.165, 1.54) is 18.3 Å². The van der Waals surface area contributed by atoms with E-state index < -0.39 is 5.97 Å². The Bertz CT molecular complexity index is 593. The molecule has 0 bridgehead atoms. The number of rotatable bonds is 7. The van der Waals surface area contributed by atoms with Gasteiger partial charge >= 0.3 is 5.97 Å². The molecule has 128 valence electrons. The lowest BCUT2D eigenvalue weighted by atomic mass is 10.1. The summed E-state index contributed by atoms with van der Waals surface area (Å²) in [5.74, 6) is -0.694. The first-order valence-corrected chi connectivity index (χ1v) is 8.35. The number of carbonyl (C=O) groups excluding carboxylic acids is 3. The largest absolute Gasteiger partial charge is 0.452 e. The number of aryl methyl sites for hydroxylation is 1. The maximum atomic E-state index is 12.2. The summed E-state index contributed by atoms with van der Waals surface area (Å²) in [5, 5.41) is 5.79. The third-order valence-corrected chi connectivity index (χ3v) is 4.38. The van der Waals surface area contributed by atoms with Gasteiger partial charge < -0.3 is 15.4 Å². The second-order valence-corrected chi connectivity index (χ2v) is 7.00. The number of ether oxygens (including phenoxy) is 1. The molecule has 1 rings (SSSR count). The highest BCUT2D eigenvalue weighted by atomic mass is 32.1. The van der Waals surface area contributed by atoms with Crippen molar-refractivity contribution in [2.24, 2.45) is 5.92 Å². The molecule has 23 heavy (non-hydrogen) atoms. The molecule has 0 saturated carbocycles. The van der Waals surface area contributed by atoms with Gasteiger partial charge in [-0.1, -0.05) is 13.8 Å². The van der Waals surface area contributed by atoms with Crippen molar-refractivity contribution in [3.8, 4) is 0 Å². The fourth-order valence-electron chi connectivity index (χ4n) is 1.88. The van der Waals surface area contributed by atoms with E-state index in [1.54, 1.807) is 6.92 Å². The van der Waals surface area contributed by atoms with Gasteiger partial charge in [0.05, 0.1) is 5.56 Å². The van der Waals surface area contributed by atoms with Crippen LogP contribution < -0.4 is 10.6 Å². The van der Waals surface area contributed by atoms with Gasteiger partial charge in [-0.05, 0) is 31.7 Å². The minimum atomic E-state index is -0.602. The quantitative estimate of drug-likeness (QED) is 0.747. The summed E-state index contributed by atoms with van der Waals surface area (Å²) in [4.78, 5) is 36.0. The van der Waals surface area contributed by atoms with Gasteiger partial charge in [-0.3, -0.25) is 9.59 Å². The number of carbonyl (C=O) groups is 3. The molecule has 1 aromatic heterocycles. The Kier molecular flexibility index (Phi) is 7.22. The Morgan fingerprint density at radius 1 is 1.22 bits per heavy atom. The van der Waals surface area contributed by atoms with Crippen LogP contribution in [0.3, 0.4) is 0 Å². The molecule has 0 unspecified atom stereocenters. The van der Waals surface area contributed by atoms with Crippen molar-refractivity contribution in [2.45, 2.75) is 41.0 Å². The van der Waals surface area contributed by atoms with Crippen LogP contribution in [0.25, 0.3) is 0 Å². The van der Waals surface area contributed by atoms with Crippen LogP contribution in [-0.4, -0.2) is 30.9 Å². The Balaban J connectivity index is 2.64. The summed E-state index contributed by atoms with van der Waals surface area (Å²) < 4.78 is 5.07. The minimum absolute atomic E-state index is 0.258. The Morgan fingerprint density at radius 3 is 2.43 bits per heavy atom. The van der Waals surface area contributed by atoms with Crippen LogP contribution in [0.15, 0.2) is 0 Å². The van der Waals surface area contributed by atoms with Crippen molar-refractivity contribution in [1.29, 1.82) is 0 Å². The highest BCUT2D eigenvalue weighted by Gasteiger charge is 2.22. The van der Waals surface area contributed by atoms with Crippen LogP contribution in [0.5, 0.6) is 0 Å². The summed E-state index contributed by atoms with van der Waals surface area (Å²) in [7, 11) is 0. The average Bonchev–Trinajstić information content (AvgIpc) is 2.70. The molecule has 0 aliphatic heterocycles. The molecule has 7 heteroatoms. The number of nitrogens with one attached hydrogen (secondary N) is 2. The van der Waals surface area contributed by atoms with Crippen molar-refractivity contribution in [3.05, 3.63) is 16.0 Å². The second-order valence-electron chi connectivity index (χ2n) is 5.78. The van der Waals surface area contributed by atoms with Crippen molar-refractivity contribution < 1.29 is 19.1 Å². The molecule has 0 aromatic carbocycles. The molecule has 1 heterocycles. The second kappa shape index (κ2) is 8.67. The number of amides is 2. The molecule has 0 saturated heterocycles. The van der Waals surface area contributed by atoms with E-state index in [0.717, 1.165) is 16.9 Å². The first-order valence-electron chi connectivity index (χ1n) is 7.53. The molecule has 0 aliphatic rings. The molecule has 2 amide bonds. The average molecular weight is 340 g/mol.